The van der Waals surface area contributed by atoms with Gasteiger partial charge in [-0.05, 0) is 35.4 Å². The lowest BCUT2D eigenvalue weighted by Crippen LogP contribution is -2.18. The highest BCUT2D eigenvalue weighted by atomic mass is 16.4. The summed E-state index contributed by atoms with van der Waals surface area (Å²) in [7, 11) is 6.82. The Hall–Kier alpha value is -1.83. The van der Waals surface area contributed by atoms with E-state index in [2.05, 4.69) is 26.0 Å². The van der Waals surface area contributed by atoms with E-state index in [1.807, 2.05) is 43.2 Å². The minimum absolute atomic E-state index is 0.0956. The Morgan fingerprint density at radius 2 is 1.30 bits per heavy atom. The van der Waals surface area contributed by atoms with Crippen LogP contribution in [0, 0.1) is 0 Å². The van der Waals surface area contributed by atoms with E-state index in [9.17, 15) is 0 Å². The van der Waals surface area contributed by atoms with Crippen molar-refractivity contribution in [3.05, 3.63) is 59.7 Å². The molecule has 0 unspecified atom stereocenters. The normalized spacial score (nSPS) is 10.9. The van der Waals surface area contributed by atoms with Crippen molar-refractivity contribution in [2.24, 2.45) is 0 Å². The van der Waals surface area contributed by atoms with Gasteiger partial charge in [0.1, 0.15) is 0 Å². The van der Waals surface area contributed by atoms with Gasteiger partial charge in [-0.25, -0.2) is 0 Å². The fourth-order valence-corrected chi connectivity index (χ4v) is 2.20. The van der Waals surface area contributed by atoms with Gasteiger partial charge in [-0.2, -0.15) is 0 Å². The lowest BCUT2D eigenvalue weighted by molar-refractivity contribution is 0.594. The van der Waals surface area contributed by atoms with Gasteiger partial charge in [-0.15, -0.1) is 0 Å². The Bertz CT molecular complexity index is 548. The molecule has 0 N–H and O–H groups in total. The minimum Gasteiger partial charge on any atom is -0.568 e. The maximum Gasteiger partial charge on any atom is 0.374 e. The second-order valence-electron chi connectivity index (χ2n) is 5.15. The number of hydrogen-bond donors (Lipinski definition) is 0. The van der Waals surface area contributed by atoms with Crippen molar-refractivity contribution in [1.82, 2.24) is 0 Å². The third-order valence-corrected chi connectivity index (χ3v) is 3.54. The Labute approximate surface area is 122 Å². The van der Waals surface area contributed by atoms with Crippen LogP contribution in [-0.2, 0) is 5.41 Å². The third-order valence-electron chi connectivity index (χ3n) is 3.54. The Morgan fingerprint density at radius 1 is 0.850 bits per heavy atom. The Balaban J connectivity index is 2.27. The summed E-state index contributed by atoms with van der Waals surface area (Å²) in [4.78, 5) is 0. The van der Waals surface area contributed by atoms with E-state index in [4.69, 9.17) is 17.4 Å². The summed E-state index contributed by atoms with van der Waals surface area (Å²) < 4.78 is 10.1. The van der Waals surface area contributed by atoms with Crippen molar-refractivity contribution in [2.45, 2.75) is 26.1 Å². The Kier molecular flexibility index (Phi) is 4.43. The molecule has 4 heteroatoms. The van der Waals surface area contributed by atoms with E-state index in [1.165, 1.54) is 11.1 Å². The first-order valence-electron chi connectivity index (χ1n) is 6.60. The first kappa shape index (κ1) is 14.6. The van der Waals surface area contributed by atoms with Gasteiger partial charge in [-0.1, -0.05) is 44.9 Å². The van der Waals surface area contributed by atoms with Crippen LogP contribution in [0.5, 0.6) is 11.5 Å². The predicted molar refractivity (Wildman–Crippen MR) is 83.6 cm³/mol. The number of benzene rings is 2. The molecule has 0 heterocycles. The van der Waals surface area contributed by atoms with Crippen molar-refractivity contribution < 1.29 is 9.31 Å². The molecule has 0 aliphatic rings. The minimum atomic E-state index is -0.0956. The van der Waals surface area contributed by atoms with Gasteiger partial charge >= 0.3 is 15.5 Å². The van der Waals surface area contributed by atoms with Gasteiger partial charge in [0.2, 0.25) is 0 Å². The Morgan fingerprint density at radius 3 is 1.70 bits per heavy atom. The van der Waals surface area contributed by atoms with Crippen LogP contribution in [0.4, 0.5) is 0 Å². The lowest BCUT2D eigenvalue weighted by atomic mass is 9.78. The summed E-state index contributed by atoms with van der Waals surface area (Å²) in [6.07, 6.45) is 0. The van der Waals surface area contributed by atoms with E-state index in [0.29, 0.717) is 5.75 Å². The molecule has 0 saturated heterocycles. The molecule has 0 aromatic heterocycles. The maximum absolute atomic E-state index is 5.35. The fourth-order valence-electron chi connectivity index (χ4n) is 2.20. The van der Waals surface area contributed by atoms with Gasteiger partial charge in [0.05, 0.1) is 11.5 Å². The highest BCUT2D eigenvalue weighted by Gasteiger charge is 2.22. The fraction of sp³-hybridized carbons (Fsp3) is 0.250. The van der Waals surface area contributed by atoms with E-state index in [0.717, 1.165) is 5.75 Å². The van der Waals surface area contributed by atoms with Crippen LogP contribution >= 0.6 is 0 Å². The highest BCUT2D eigenvalue weighted by Crippen LogP contribution is 2.33. The van der Waals surface area contributed by atoms with Crippen LogP contribution in [0.3, 0.4) is 0 Å². The number of hydrogen-bond acceptors (Lipinski definition) is 2. The largest absolute Gasteiger partial charge is 0.568 e. The zero-order valence-electron chi connectivity index (χ0n) is 12.1. The van der Waals surface area contributed by atoms with E-state index in [1.54, 1.807) is 7.48 Å². The van der Waals surface area contributed by atoms with Gasteiger partial charge < -0.3 is 9.31 Å². The molecule has 2 rings (SSSR count). The molecular formula is C16H17B2O2. The van der Waals surface area contributed by atoms with Crippen LogP contribution in [0.2, 0.25) is 6.82 Å². The summed E-state index contributed by atoms with van der Waals surface area (Å²) in [6.45, 7) is 6.24. The molecule has 0 saturated carbocycles. The van der Waals surface area contributed by atoms with E-state index < -0.39 is 0 Å². The topological polar surface area (TPSA) is 18.5 Å². The summed E-state index contributed by atoms with van der Waals surface area (Å²) in [5.41, 5.74) is 2.33. The van der Waals surface area contributed by atoms with Crippen molar-refractivity contribution in [1.29, 1.82) is 0 Å². The SMILES string of the molecule is [B]Oc1ccc(C(C)(C)c2ccc(O[B]C)cc2)cc1. The zero-order chi connectivity index (χ0) is 14.6. The molecule has 0 aliphatic carbocycles. The van der Waals surface area contributed by atoms with Crippen LogP contribution in [0.1, 0.15) is 25.0 Å². The molecule has 3 radical (unpaired) electrons. The second kappa shape index (κ2) is 6.08. The zero-order valence-corrected chi connectivity index (χ0v) is 12.1. The van der Waals surface area contributed by atoms with Gasteiger partial charge in [0, 0.05) is 5.41 Å². The van der Waals surface area contributed by atoms with Crippen LogP contribution in [0.15, 0.2) is 48.5 Å². The van der Waals surface area contributed by atoms with Crippen LogP contribution in [0.25, 0.3) is 0 Å². The van der Waals surface area contributed by atoms with E-state index in [-0.39, 0.29) is 5.41 Å². The second-order valence-corrected chi connectivity index (χ2v) is 5.15. The molecule has 20 heavy (non-hydrogen) atoms. The molecule has 0 amide bonds. The van der Waals surface area contributed by atoms with Crippen LogP contribution < -0.4 is 9.31 Å². The van der Waals surface area contributed by atoms with Crippen molar-refractivity contribution >= 4 is 15.5 Å². The molecule has 0 atom stereocenters. The van der Waals surface area contributed by atoms with Gasteiger partial charge in [0.15, 0.2) is 0 Å². The molecule has 2 nitrogen and oxygen atoms in total. The molecule has 2 aromatic rings. The summed E-state index contributed by atoms with van der Waals surface area (Å²) in [5.74, 6) is 1.51. The molecule has 0 spiro atoms. The molecule has 0 aliphatic heterocycles. The molecular weight excluding hydrogens is 246 g/mol. The highest BCUT2D eigenvalue weighted by molar-refractivity contribution is 6.26. The van der Waals surface area contributed by atoms with Gasteiger partial charge in [-0.3, -0.25) is 0 Å². The van der Waals surface area contributed by atoms with Crippen molar-refractivity contribution in [2.75, 3.05) is 0 Å². The molecule has 0 fully saturated rings. The molecule has 0 bridgehead atoms. The monoisotopic (exact) mass is 263 g/mol. The lowest BCUT2D eigenvalue weighted by Gasteiger charge is -2.26. The molecule has 99 valence electrons. The van der Waals surface area contributed by atoms with E-state index >= 15 is 0 Å². The molecule has 2 aromatic carbocycles. The van der Waals surface area contributed by atoms with Crippen molar-refractivity contribution in [3.8, 4) is 11.5 Å². The van der Waals surface area contributed by atoms with Crippen molar-refractivity contribution in [3.63, 3.8) is 0 Å². The van der Waals surface area contributed by atoms with Crippen LogP contribution in [-0.4, -0.2) is 15.5 Å². The average Bonchev–Trinajstić information content (AvgIpc) is 2.48. The first-order valence-corrected chi connectivity index (χ1v) is 6.60. The average molecular weight is 263 g/mol. The third kappa shape index (κ3) is 3.01. The predicted octanol–water partition coefficient (Wildman–Crippen LogP) is 3.52. The quantitative estimate of drug-likeness (QED) is 0.768. The number of rotatable bonds is 5. The standard InChI is InChI=1S/C16H17B2O2/c1-16(2,12-4-8-14(19-17)9-5-12)13-6-10-15(11-7-13)20-18-3/h4-11H,1-3H3. The summed E-state index contributed by atoms with van der Waals surface area (Å²) >= 11 is 0. The summed E-state index contributed by atoms with van der Waals surface area (Å²) in [5, 5.41) is 0. The maximum atomic E-state index is 5.35. The van der Waals surface area contributed by atoms with Gasteiger partial charge in [0.25, 0.3) is 0 Å². The summed E-state index contributed by atoms with van der Waals surface area (Å²) in [6, 6.07) is 16.0. The smallest absolute Gasteiger partial charge is 0.374 e. The first-order chi connectivity index (χ1) is 9.57.